The number of aryl methyl sites for hydroxylation is 1. The van der Waals surface area contributed by atoms with Crippen molar-refractivity contribution in [3.05, 3.63) is 54.0 Å². The van der Waals surface area contributed by atoms with Gasteiger partial charge in [0.15, 0.2) is 5.76 Å². The van der Waals surface area contributed by atoms with Crippen LogP contribution in [0.25, 0.3) is 0 Å². The Kier molecular flexibility index (Phi) is 5.36. The summed E-state index contributed by atoms with van der Waals surface area (Å²) < 4.78 is 4.99. The molecular formula is C19H21N3O4. The maximum absolute atomic E-state index is 12.3. The monoisotopic (exact) mass is 355 g/mol. The Morgan fingerprint density at radius 1 is 1.15 bits per heavy atom. The molecule has 1 atom stereocenters. The number of hydrogen-bond donors (Lipinski definition) is 2. The standard InChI is InChI=1S/C19H21N3O4/c1-13-4-6-15(7-5-13)22-12-14(11-17(22)23)18(24)20-8-9-21-19(25)16-3-2-10-26-16/h2-7,10,14H,8-9,11-12H2,1H3,(H,20,24)(H,21,25). The quantitative estimate of drug-likeness (QED) is 0.768. The van der Waals surface area contributed by atoms with Crippen molar-refractivity contribution in [2.45, 2.75) is 13.3 Å². The third kappa shape index (κ3) is 4.11. The van der Waals surface area contributed by atoms with E-state index < -0.39 is 0 Å². The van der Waals surface area contributed by atoms with Gasteiger partial charge in [0.2, 0.25) is 11.8 Å². The molecule has 1 aromatic carbocycles. The van der Waals surface area contributed by atoms with Crippen molar-refractivity contribution >= 4 is 23.4 Å². The predicted molar refractivity (Wildman–Crippen MR) is 95.7 cm³/mol. The molecule has 1 aromatic heterocycles. The Morgan fingerprint density at radius 3 is 2.58 bits per heavy atom. The van der Waals surface area contributed by atoms with Gasteiger partial charge in [-0.05, 0) is 31.2 Å². The van der Waals surface area contributed by atoms with Crippen LogP contribution in [0.3, 0.4) is 0 Å². The summed E-state index contributed by atoms with van der Waals surface area (Å²) in [6.45, 7) is 2.93. The number of anilines is 1. The van der Waals surface area contributed by atoms with Gasteiger partial charge in [-0.15, -0.1) is 0 Å². The maximum atomic E-state index is 12.3. The van der Waals surface area contributed by atoms with E-state index >= 15 is 0 Å². The molecule has 3 amide bonds. The van der Waals surface area contributed by atoms with Crippen LogP contribution in [-0.4, -0.2) is 37.4 Å². The molecule has 2 heterocycles. The van der Waals surface area contributed by atoms with Crippen LogP contribution in [0.1, 0.15) is 22.5 Å². The van der Waals surface area contributed by atoms with Crippen LogP contribution in [0.4, 0.5) is 5.69 Å². The van der Waals surface area contributed by atoms with Crippen LogP contribution in [0.2, 0.25) is 0 Å². The van der Waals surface area contributed by atoms with Gasteiger partial charge in [-0.2, -0.15) is 0 Å². The van der Waals surface area contributed by atoms with Gasteiger partial charge in [0.25, 0.3) is 5.91 Å². The van der Waals surface area contributed by atoms with Crippen LogP contribution in [0.15, 0.2) is 47.1 Å². The number of amides is 3. The second-order valence-electron chi connectivity index (χ2n) is 6.27. The summed E-state index contributed by atoms with van der Waals surface area (Å²) in [7, 11) is 0. The van der Waals surface area contributed by atoms with Gasteiger partial charge in [0.05, 0.1) is 12.2 Å². The molecule has 136 valence electrons. The largest absolute Gasteiger partial charge is 0.459 e. The van der Waals surface area contributed by atoms with Crippen molar-refractivity contribution in [3.8, 4) is 0 Å². The smallest absolute Gasteiger partial charge is 0.287 e. The fourth-order valence-electron chi connectivity index (χ4n) is 2.86. The zero-order valence-electron chi connectivity index (χ0n) is 14.5. The van der Waals surface area contributed by atoms with Crippen molar-refractivity contribution in [2.24, 2.45) is 5.92 Å². The summed E-state index contributed by atoms with van der Waals surface area (Å²) in [6, 6.07) is 10.9. The van der Waals surface area contributed by atoms with E-state index in [0.29, 0.717) is 13.1 Å². The molecule has 1 fully saturated rings. The summed E-state index contributed by atoms with van der Waals surface area (Å²) in [5.74, 6) is -0.720. The van der Waals surface area contributed by atoms with E-state index in [2.05, 4.69) is 10.6 Å². The molecule has 1 aliphatic heterocycles. The molecule has 1 saturated heterocycles. The number of furan rings is 1. The number of nitrogens with one attached hydrogen (secondary N) is 2. The first kappa shape index (κ1) is 17.7. The number of carbonyl (C=O) groups excluding carboxylic acids is 3. The average molecular weight is 355 g/mol. The molecule has 0 spiro atoms. The lowest BCUT2D eigenvalue weighted by Gasteiger charge is -2.17. The predicted octanol–water partition coefficient (Wildman–Crippen LogP) is 1.49. The molecule has 7 nitrogen and oxygen atoms in total. The van der Waals surface area contributed by atoms with Crippen LogP contribution in [-0.2, 0) is 9.59 Å². The molecule has 0 radical (unpaired) electrons. The zero-order valence-corrected chi connectivity index (χ0v) is 14.5. The van der Waals surface area contributed by atoms with Gasteiger partial charge in [-0.1, -0.05) is 17.7 Å². The lowest BCUT2D eigenvalue weighted by atomic mass is 10.1. The van der Waals surface area contributed by atoms with Gasteiger partial charge in [0, 0.05) is 31.7 Å². The summed E-state index contributed by atoms with van der Waals surface area (Å²) in [4.78, 5) is 37.8. The van der Waals surface area contributed by atoms with Crippen molar-refractivity contribution in [1.82, 2.24) is 10.6 Å². The minimum Gasteiger partial charge on any atom is -0.459 e. The highest BCUT2D eigenvalue weighted by molar-refractivity contribution is 6.00. The lowest BCUT2D eigenvalue weighted by molar-refractivity contribution is -0.126. The number of benzene rings is 1. The fraction of sp³-hybridized carbons (Fsp3) is 0.316. The van der Waals surface area contributed by atoms with Crippen LogP contribution in [0, 0.1) is 12.8 Å². The number of rotatable bonds is 6. The molecule has 26 heavy (non-hydrogen) atoms. The second-order valence-corrected chi connectivity index (χ2v) is 6.27. The normalized spacial score (nSPS) is 16.6. The molecule has 0 bridgehead atoms. The summed E-state index contributed by atoms with van der Waals surface area (Å²) >= 11 is 0. The number of hydrogen-bond acceptors (Lipinski definition) is 4. The average Bonchev–Trinajstić information content (AvgIpc) is 3.29. The summed E-state index contributed by atoms with van der Waals surface area (Å²) in [5.41, 5.74) is 1.92. The van der Waals surface area contributed by atoms with Gasteiger partial charge in [-0.3, -0.25) is 14.4 Å². The van der Waals surface area contributed by atoms with Crippen molar-refractivity contribution < 1.29 is 18.8 Å². The van der Waals surface area contributed by atoms with E-state index in [4.69, 9.17) is 4.42 Å². The molecular weight excluding hydrogens is 334 g/mol. The molecule has 2 N–H and O–H groups in total. The Bertz CT molecular complexity index is 784. The van der Waals surface area contributed by atoms with E-state index in [1.54, 1.807) is 17.0 Å². The second kappa shape index (κ2) is 7.86. The highest BCUT2D eigenvalue weighted by atomic mass is 16.3. The first-order valence-electron chi connectivity index (χ1n) is 8.51. The van der Waals surface area contributed by atoms with E-state index in [1.165, 1.54) is 6.26 Å². The molecule has 0 aliphatic carbocycles. The minimum atomic E-state index is -0.385. The maximum Gasteiger partial charge on any atom is 0.287 e. The van der Waals surface area contributed by atoms with Crippen LogP contribution < -0.4 is 15.5 Å². The summed E-state index contributed by atoms with van der Waals surface area (Å²) in [6.07, 6.45) is 1.62. The van der Waals surface area contributed by atoms with Gasteiger partial charge in [0.1, 0.15) is 0 Å². The molecule has 0 saturated carbocycles. The summed E-state index contributed by atoms with van der Waals surface area (Å²) in [5, 5.41) is 5.42. The lowest BCUT2D eigenvalue weighted by Crippen LogP contribution is -2.38. The van der Waals surface area contributed by atoms with E-state index in [0.717, 1.165) is 11.3 Å². The van der Waals surface area contributed by atoms with Gasteiger partial charge >= 0.3 is 0 Å². The van der Waals surface area contributed by atoms with Crippen LogP contribution >= 0.6 is 0 Å². The zero-order chi connectivity index (χ0) is 18.5. The molecule has 7 heteroatoms. The van der Waals surface area contributed by atoms with E-state index in [1.807, 2.05) is 31.2 Å². The molecule has 1 unspecified atom stereocenters. The first-order chi connectivity index (χ1) is 12.5. The first-order valence-corrected chi connectivity index (χ1v) is 8.51. The third-order valence-corrected chi connectivity index (χ3v) is 4.30. The molecule has 2 aromatic rings. The molecule has 3 rings (SSSR count). The van der Waals surface area contributed by atoms with Crippen LogP contribution in [0.5, 0.6) is 0 Å². The van der Waals surface area contributed by atoms with Gasteiger partial charge in [-0.25, -0.2) is 0 Å². The van der Waals surface area contributed by atoms with E-state index in [-0.39, 0.29) is 42.4 Å². The Labute approximate surface area is 151 Å². The molecule has 1 aliphatic rings. The number of carbonyl (C=O) groups is 3. The third-order valence-electron chi connectivity index (χ3n) is 4.30. The SMILES string of the molecule is Cc1ccc(N2CC(C(=O)NCCNC(=O)c3ccco3)CC2=O)cc1. The fourth-order valence-corrected chi connectivity index (χ4v) is 2.86. The number of nitrogens with zero attached hydrogens (tertiary/aromatic N) is 1. The van der Waals surface area contributed by atoms with Crippen molar-refractivity contribution in [3.63, 3.8) is 0 Å². The van der Waals surface area contributed by atoms with E-state index in [9.17, 15) is 14.4 Å². The Hall–Kier alpha value is -3.09. The Balaban J connectivity index is 1.44. The topological polar surface area (TPSA) is 91.7 Å². The highest BCUT2D eigenvalue weighted by Crippen LogP contribution is 2.25. The highest BCUT2D eigenvalue weighted by Gasteiger charge is 2.34. The minimum absolute atomic E-state index is 0.0554. The van der Waals surface area contributed by atoms with Crippen molar-refractivity contribution in [2.75, 3.05) is 24.5 Å². The van der Waals surface area contributed by atoms with Crippen molar-refractivity contribution in [1.29, 1.82) is 0 Å². The van der Waals surface area contributed by atoms with Gasteiger partial charge < -0.3 is 20.0 Å². The Morgan fingerprint density at radius 2 is 1.88 bits per heavy atom.